The molecule has 102 valence electrons. The van der Waals surface area contributed by atoms with Gasteiger partial charge in [-0.25, -0.2) is 4.98 Å². The second-order valence-corrected chi connectivity index (χ2v) is 6.59. The molecule has 0 bridgehead atoms. The number of hydrogen-bond donors (Lipinski definition) is 3. The van der Waals surface area contributed by atoms with Crippen LogP contribution in [0.4, 0.5) is 5.13 Å². The lowest BCUT2D eigenvalue weighted by Crippen LogP contribution is -2.27. The van der Waals surface area contributed by atoms with E-state index in [1.165, 1.54) is 17.5 Å². The Kier molecular flexibility index (Phi) is 5.10. The number of nitrogens with zero attached hydrogens (tertiary/aromatic N) is 1. The molecule has 0 aliphatic rings. The van der Waals surface area contributed by atoms with Crippen molar-refractivity contribution in [2.24, 2.45) is 11.1 Å². The highest BCUT2D eigenvalue weighted by atomic mass is 35.5. The minimum atomic E-state index is -0.866. The number of carbonyl (C=O) groups is 1. The molecule has 0 aromatic carbocycles. The van der Waals surface area contributed by atoms with Crippen LogP contribution in [-0.4, -0.2) is 27.9 Å². The number of thiazole rings is 1. The lowest BCUT2D eigenvalue weighted by atomic mass is 9.96. The Bertz CT molecular complexity index is 417. The number of alkyl halides is 1. The van der Waals surface area contributed by atoms with E-state index in [1.807, 2.05) is 20.8 Å². The maximum Gasteiger partial charge on any atom is 0.231 e. The molecule has 1 aromatic rings. The van der Waals surface area contributed by atoms with Gasteiger partial charge in [-0.15, -0.1) is 11.6 Å². The molecular formula is C11H18ClN3O2S. The number of aromatic nitrogens is 1. The van der Waals surface area contributed by atoms with E-state index >= 15 is 0 Å². The van der Waals surface area contributed by atoms with Gasteiger partial charge in [-0.1, -0.05) is 32.1 Å². The third-order valence-corrected chi connectivity index (χ3v) is 3.68. The van der Waals surface area contributed by atoms with Crippen LogP contribution in [0.2, 0.25) is 0 Å². The largest absolute Gasteiger partial charge is 0.386 e. The van der Waals surface area contributed by atoms with Gasteiger partial charge in [0.25, 0.3) is 0 Å². The van der Waals surface area contributed by atoms with E-state index in [1.54, 1.807) is 0 Å². The van der Waals surface area contributed by atoms with E-state index in [0.29, 0.717) is 10.0 Å². The monoisotopic (exact) mass is 291 g/mol. The Morgan fingerprint density at radius 3 is 2.78 bits per heavy atom. The molecule has 1 amide bonds. The second kappa shape index (κ2) is 5.97. The number of aliphatic hydroxyl groups is 1. The molecule has 0 radical (unpaired) electrons. The average molecular weight is 292 g/mol. The molecule has 1 heterocycles. The lowest BCUT2D eigenvalue weighted by Gasteiger charge is -2.16. The third-order valence-electron chi connectivity index (χ3n) is 2.28. The summed E-state index contributed by atoms with van der Waals surface area (Å²) >= 11 is 7.05. The van der Waals surface area contributed by atoms with Gasteiger partial charge in [0.05, 0.1) is 10.3 Å². The van der Waals surface area contributed by atoms with Gasteiger partial charge in [0.1, 0.15) is 6.10 Å². The van der Waals surface area contributed by atoms with Crippen LogP contribution < -0.4 is 11.1 Å². The zero-order valence-corrected chi connectivity index (χ0v) is 12.2. The summed E-state index contributed by atoms with van der Waals surface area (Å²) in [6.45, 7) is 5.61. The molecule has 0 unspecified atom stereocenters. The van der Waals surface area contributed by atoms with Gasteiger partial charge in [0.15, 0.2) is 5.13 Å². The van der Waals surface area contributed by atoms with Crippen LogP contribution in [0.5, 0.6) is 0 Å². The predicted molar refractivity (Wildman–Crippen MR) is 73.9 cm³/mol. The Balaban J connectivity index is 2.72. The highest BCUT2D eigenvalue weighted by Gasteiger charge is 2.24. The molecule has 7 heteroatoms. The molecule has 2 atom stereocenters. The van der Waals surface area contributed by atoms with Crippen molar-refractivity contribution in [2.75, 3.05) is 11.9 Å². The van der Waals surface area contributed by atoms with Gasteiger partial charge in [0.2, 0.25) is 5.91 Å². The Hall–Kier alpha value is -0.690. The van der Waals surface area contributed by atoms with Crippen molar-refractivity contribution in [3.8, 4) is 0 Å². The van der Waals surface area contributed by atoms with Crippen LogP contribution in [0.25, 0.3) is 0 Å². The van der Waals surface area contributed by atoms with Crippen molar-refractivity contribution in [3.05, 3.63) is 11.1 Å². The summed E-state index contributed by atoms with van der Waals surface area (Å²) in [4.78, 5) is 16.4. The zero-order valence-electron chi connectivity index (χ0n) is 10.6. The van der Waals surface area contributed by atoms with E-state index in [-0.39, 0.29) is 12.5 Å². The molecule has 1 rings (SSSR count). The van der Waals surface area contributed by atoms with Crippen LogP contribution in [-0.2, 0) is 4.79 Å². The summed E-state index contributed by atoms with van der Waals surface area (Å²) in [7, 11) is 0. The maximum atomic E-state index is 11.8. The standard InChI is InChI=1S/C11H18ClN3O2S/c1-11(2,3)9(17)15-10-14-5-7(18-10)8(16)6(12)4-13/h5-6,8,16H,4,13H2,1-3H3,(H,14,15,17)/t6-,8-/m0/s1. The van der Waals surface area contributed by atoms with Gasteiger partial charge >= 0.3 is 0 Å². The van der Waals surface area contributed by atoms with E-state index in [9.17, 15) is 9.90 Å². The Labute approximate surface area is 115 Å². The molecule has 4 N–H and O–H groups in total. The zero-order chi connectivity index (χ0) is 13.9. The van der Waals surface area contributed by atoms with Gasteiger partial charge in [0, 0.05) is 18.2 Å². The van der Waals surface area contributed by atoms with Crippen molar-refractivity contribution in [3.63, 3.8) is 0 Å². The number of amides is 1. The van der Waals surface area contributed by atoms with Crippen molar-refractivity contribution < 1.29 is 9.90 Å². The van der Waals surface area contributed by atoms with E-state index in [4.69, 9.17) is 17.3 Å². The number of hydrogen-bond acceptors (Lipinski definition) is 5. The summed E-state index contributed by atoms with van der Waals surface area (Å²) in [5.74, 6) is -0.126. The van der Waals surface area contributed by atoms with Crippen LogP contribution in [0.15, 0.2) is 6.20 Å². The lowest BCUT2D eigenvalue weighted by molar-refractivity contribution is -0.123. The quantitative estimate of drug-likeness (QED) is 0.737. The number of aliphatic hydroxyl groups excluding tert-OH is 1. The van der Waals surface area contributed by atoms with Gasteiger partial charge < -0.3 is 16.2 Å². The fraction of sp³-hybridized carbons (Fsp3) is 0.636. The van der Waals surface area contributed by atoms with E-state index < -0.39 is 16.9 Å². The van der Waals surface area contributed by atoms with Crippen molar-refractivity contribution in [1.82, 2.24) is 4.98 Å². The smallest absolute Gasteiger partial charge is 0.231 e. The normalized spacial score (nSPS) is 15.2. The van der Waals surface area contributed by atoms with Crippen molar-refractivity contribution >= 4 is 34.0 Å². The average Bonchev–Trinajstić information content (AvgIpc) is 2.74. The van der Waals surface area contributed by atoms with Gasteiger partial charge in [-0.3, -0.25) is 4.79 Å². The van der Waals surface area contributed by atoms with Crippen LogP contribution in [0.1, 0.15) is 31.8 Å². The molecule has 1 aromatic heterocycles. The highest BCUT2D eigenvalue weighted by molar-refractivity contribution is 7.15. The summed E-state index contributed by atoms with van der Waals surface area (Å²) in [6.07, 6.45) is 0.632. The first kappa shape index (κ1) is 15.4. The topological polar surface area (TPSA) is 88.2 Å². The fourth-order valence-electron chi connectivity index (χ4n) is 1.07. The molecule has 0 spiro atoms. The number of nitrogens with two attached hydrogens (primary N) is 1. The number of carbonyl (C=O) groups excluding carboxylic acids is 1. The molecule has 0 aliphatic carbocycles. The van der Waals surface area contributed by atoms with Crippen molar-refractivity contribution in [2.45, 2.75) is 32.3 Å². The Morgan fingerprint density at radius 2 is 2.28 bits per heavy atom. The van der Waals surface area contributed by atoms with Gasteiger partial charge in [-0.2, -0.15) is 0 Å². The summed E-state index contributed by atoms with van der Waals surface area (Å²) in [5.41, 5.74) is 4.89. The van der Waals surface area contributed by atoms with E-state index in [2.05, 4.69) is 10.3 Å². The number of rotatable bonds is 4. The minimum absolute atomic E-state index is 0.126. The summed E-state index contributed by atoms with van der Waals surface area (Å²) < 4.78 is 0. The van der Waals surface area contributed by atoms with E-state index in [0.717, 1.165) is 0 Å². The van der Waals surface area contributed by atoms with Crippen LogP contribution >= 0.6 is 22.9 Å². The van der Waals surface area contributed by atoms with Gasteiger partial charge in [-0.05, 0) is 0 Å². The first-order valence-electron chi connectivity index (χ1n) is 5.55. The maximum absolute atomic E-state index is 11.8. The fourth-order valence-corrected chi connectivity index (χ4v) is 2.15. The number of anilines is 1. The highest BCUT2D eigenvalue weighted by Crippen LogP contribution is 2.29. The number of halogens is 1. The van der Waals surface area contributed by atoms with Crippen LogP contribution in [0.3, 0.4) is 0 Å². The molecule has 0 saturated carbocycles. The van der Waals surface area contributed by atoms with Crippen LogP contribution in [0, 0.1) is 5.41 Å². The first-order chi connectivity index (χ1) is 8.25. The third kappa shape index (κ3) is 3.91. The Morgan fingerprint density at radius 1 is 1.67 bits per heavy atom. The minimum Gasteiger partial charge on any atom is -0.386 e. The first-order valence-corrected chi connectivity index (χ1v) is 6.80. The molecular weight excluding hydrogens is 274 g/mol. The number of nitrogens with one attached hydrogen (secondary N) is 1. The molecule has 18 heavy (non-hydrogen) atoms. The molecule has 5 nitrogen and oxygen atoms in total. The van der Waals surface area contributed by atoms with Crippen molar-refractivity contribution in [1.29, 1.82) is 0 Å². The summed E-state index contributed by atoms with van der Waals surface area (Å²) in [6, 6.07) is 0. The SMILES string of the molecule is CC(C)(C)C(=O)Nc1ncc([C@@H](O)[C@@H](Cl)CN)s1. The molecule has 0 saturated heterocycles. The molecule has 0 aliphatic heterocycles. The molecule has 0 fully saturated rings. The summed E-state index contributed by atoms with van der Waals surface area (Å²) in [5, 5.41) is 12.4. The predicted octanol–water partition coefficient (Wildman–Crippen LogP) is 1.73. The second-order valence-electron chi connectivity index (χ2n) is 4.97.